The van der Waals surface area contributed by atoms with E-state index in [2.05, 4.69) is 228 Å². The molecule has 2 aliphatic carbocycles. The topological polar surface area (TPSA) is 8.17 Å². The van der Waals surface area contributed by atoms with Crippen molar-refractivity contribution < 1.29 is 0 Å². The van der Waals surface area contributed by atoms with Gasteiger partial charge in [-0.2, -0.15) is 0 Å². The van der Waals surface area contributed by atoms with Gasteiger partial charge in [0, 0.05) is 42.8 Å². The van der Waals surface area contributed by atoms with Crippen molar-refractivity contribution in [1.82, 2.24) is 4.57 Å². The molecule has 9 aromatic carbocycles. The molecule has 0 unspecified atom stereocenters. The fourth-order valence-electron chi connectivity index (χ4n) is 10.9. The number of aryl methyl sites for hydroxylation is 1. The second kappa shape index (κ2) is 13.8. The van der Waals surface area contributed by atoms with Crippen LogP contribution >= 0.6 is 11.3 Å². The molecule has 11 aromatic rings. The molecule has 0 fully saturated rings. The van der Waals surface area contributed by atoms with E-state index >= 15 is 0 Å². The smallest absolute Gasteiger partial charge is 0.0713 e. The lowest BCUT2D eigenvalue weighted by atomic mass is 9.67. The zero-order valence-corrected chi connectivity index (χ0v) is 34.8. The molecule has 2 nitrogen and oxygen atoms in total. The van der Waals surface area contributed by atoms with Gasteiger partial charge in [-0.1, -0.05) is 146 Å². The van der Waals surface area contributed by atoms with Crippen molar-refractivity contribution in [3.63, 3.8) is 0 Å². The average Bonchev–Trinajstić information content (AvgIpc) is 3.98. The molecule has 292 valence electrons. The molecule has 0 amide bonds. The Balaban J connectivity index is 1.11. The summed E-state index contributed by atoms with van der Waals surface area (Å²) in [6.07, 6.45) is 6.81. The summed E-state index contributed by atoms with van der Waals surface area (Å²) >= 11 is 1.91. The van der Waals surface area contributed by atoms with Gasteiger partial charge in [-0.05, 0) is 135 Å². The molecular weight excluding hydrogens is 769 g/mol. The number of anilines is 3. The van der Waals surface area contributed by atoms with Gasteiger partial charge >= 0.3 is 0 Å². The van der Waals surface area contributed by atoms with Crippen molar-refractivity contribution in [2.45, 2.75) is 18.3 Å². The minimum atomic E-state index is -0.499. The van der Waals surface area contributed by atoms with E-state index in [0.29, 0.717) is 0 Å². The second-order valence-electron chi connectivity index (χ2n) is 16.7. The molecule has 13 rings (SSSR count). The molecule has 0 radical (unpaired) electrons. The molecule has 2 heterocycles. The summed E-state index contributed by atoms with van der Waals surface area (Å²) in [4.78, 5) is 3.89. The van der Waals surface area contributed by atoms with Crippen molar-refractivity contribution in [2.24, 2.45) is 0 Å². The number of nitrogens with zero attached hydrogens (tertiary/aromatic N) is 2. The number of rotatable bonds is 6. The minimum Gasteiger partial charge on any atom is -0.310 e. The highest BCUT2D eigenvalue weighted by molar-refractivity contribution is 7.20. The monoisotopic (exact) mass is 808 g/mol. The van der Waals surface area contributed by atoms with Gasteiger partial charge < -0.3 is 9.47 Å². The van der Waals surface area contributed by atoms with Crippen molar-refractivity contribution in [2.75, 3.05) is 4.90 Å². The van der Waals surface area contributed by atoms with Gasteiger partial charge in [-0.15, -0.1) is 11.3 Å². The van der Waals surface area contributed by atoms with E-state index < -0.39 is 5.41 Å². The number of allylic oxidation sites excluding steroid dienone is 1. The predicted molar refractivity (Wildman–Crippen MR) is 263 cm³/mol. The van der Waals surface area contributed by atoms with Crippen LogP contribution in [0.3, 0.4) is 0 Å². The first-order valence-corrected chi connectivity index (χ1v) is 22.5. The number of benzene rings is 9. The van der Waals surface area contributed by atoms with Crippen molar-refractivity contribution in [1.29, 1.82) is 0 Å². The Morgan fingerprint density at radius 1 is 0.484 bits per heavy atom. The van der Waals surface area contributed by atoms with Crippen LogP contribution in [-0.4, -0.2) is 4.57 Å². The fraction of sp³-hybridized carbons (Fsp3) is 0.0508. The maximum atomic E-state index is 2.51. The van der Waals surface area contributed by atoms with Crippen LogP contribution in [0.25, 0.3) is 65.6 Å². The number of thiophene rings is 1. The molecule has 0 N–H and O–H groups in total. The fourth-order valence-corrected chi connectivity index (χ4v) is 12.1. The Kier molecular flexibility index (Phi) is 7.85. The zero-order chi connectivity index (χ0) is 40.8. The molecule has 0 bridgehead atoms. The summed E-state index contributed by atoms with van der Waals surface area (Å²) in [7, 11) is 0. The number of hydrogen-bond donors (Lipinski definition) is 0. The van der Waals surface area contributed by atoms with Crippen LogP contribution in [0.1, 0.15) is 39.1 Å². The Morgan fingerprint density at radius 2 is 1.11 bits per heavy atom. The molecule has 2 aliphatic rings. The maximum Gasteiger partial charge on any atom is 0.0713 e. The standard InChI is InChI=1S/C59H40N2S/c1-3-18-40(19-4-1)59(52-26-12-9-23-46(52)47-24-10-13-27-53(47)59)41-30-33-55-49(36-41)50-37-43(31-34-56(50)61(55)42-20-5-2-6-21-42)60(54-28-15-17-39-16-7-8-22-45(39)54)44-32-35-58-51(38-44)48-25-11-14-29-57(48)62-58/h1-10,12-24,26-38H,11,25H2. The molecular formula is C59H40N2S. The lowest BCUT2D eigenvalue weighted by Crippen LogP contribution is -2.28. The molecule has 0 atom stereocenters. The first-order chi connectivity index (χ1) is 30.8. The molecule has 3 heteroatoms. The Labute approximate surface area is 364 Å². The van der Waals surface area contributed by atoms with Crippen LogP contribution in [0.2, 0.25) is 0 Å². The Morgan fingerprint density at radius 3 is 1.90 bits per heavy atom. The van der Waals surface area contributed by atoms with Crippen LogP contribution in [-0.2, 0) is 11.8 Å². The van der Waals surface area contributed by atoms with Crippen molar-refractivity contribution >= 4 is 77.1 Å². The van der Waals surface area contributed by atoms with Gasteiger partial charge in [0.1, 0.15) is 0 Å². The van der Waals surface area contributed by atoms with Gasteiger partial charge in [0.05, 0.1) is 22.1 Å². The van der Waals surface area contributed by atoms with E-state index in [1.54, 1.807) is 0 Å². The van der Waals surface area contributed by atoms with Gasteiger partial charge in [-0.25, -0.2) is 0 Å². The van der Waals surface area contributed by atoms with E-state index in [1.165, 1.54) is 92.2 Å². The predicted octanol–water partition coefficient (Wildman–Crippen LogP) is 15.9. The molecule has 0 spiro atoms. The number of para-hydroxylation sites is 1. The van der Waals surface area contributed by atoms with Crippen LogP contribution < -0.4 is 4.90 Å². The average molecular weight is 809 g/mol. The van der Waals surface area contributed by atoms with Gasteiger partial charge in [0.25, 0.3) is 0 Å². The van der Waals surface area contributed by atoms with E-state index in [0.717, 1.165) is 29.9 Å². The van der Waals surface area contributed by atoms with E-state index in [1.807, 2.05) is 11.3 Å². The largest absolute Gasteiger partial charge is 0.310 e. The SMILES string of the molecule is C1=Cc2sc3ccc(N(c4ccc5c(c4)c4cc(C6(c7ccccc7)c7ccccc7-c7ccccc76)ccc4n5-c4ccccc4)c4cccc5ccccc45)cc3c2CC1. The summed E-state index contributed by atoms with van der Waals surface area (Å²) in [5.41, 5.74) is 15.7. The maximum absolute atomic E-state index is 2.51. The molecule has 2 aromatic heterocycles. The summed E-state index contributed by atoms with van der Waals surface area (Å²) < 4.78 is 3.79. The summed E-state index contributed by atoms with van der Waals surface area (Å²) in [6, 6.07) is 77.0. The third-order valence-corrected chi connectivity index (χ3v) is 14.7. The van der Waals surface area contributed by atoms with E-state index in [-0.39, 0.29) is 0 Å². The Hall–Kier alpha value is -7.46. The highest BCUT2D eigenvalue weighted by atomic mass is 32.1. The highest BCUT2D eigenvalue weighted by Gasteiger charge is 2.46. The highest BCUT2D eigenvalue weighted by Crippen LogP contribution is 2.57. The summed E-state index contributed by atoms with van der Waals surface area (Å²) in [6.45, 7) is 0. The number of fused-ring (bicyclic) bond motifs is 10. The zero-order valence-electron chi connectivity index (χ0n) is 34.0. The molecule has 0 aliphatic heterocycles. The molecule has 0 saturated heterocycles. The van der Waals surface area contributed by atoms with Gasteiger partial charge in [0.15, 0.2) is 0 Å². The first-order valence-electron chi connectivity index (χ1n) is 21.6. The third-order valence-electron chi connectivity index (χ3n) is 13.5. The molecule has 62 heavy (non-hydrogen) atoms. The summed E-state index contributed by atoms with van der Waals surface area (Å²) in [5, 5.41) is 6.27. The van der Waals surface area contributed by atoms with Crippen molar-refractivity contribution in [3.8, 4) is 16.8 Å². The lowest BCUT2D eigenvalue weighted by molar-refractivity contribution is 0.770. The van der Waals surface area contributed by atoms with Crippen LogP contribution in [0.5, 0.6) is 0 Å². The Bertz CT molecular complexity index is 3540. The number of hydrogen-bond acceptors (Lipinski definition) is 2. The minimum absolute atomic E-state index is 0.499. The van der Waals surface area contributed by atoms with E-state index in [4.69, 9.17) is 0 Å². The van der Waals surface area contributed by atoms with Crippen LogP contribution in [0.15, 0.2) is 212 Å². The van der Waals surface area contributed by atoms with E-state index in [9.17, 15) is 0 Å². The normalized spacial score (nSPS) is 13.7. The van der Waals surface area contributed by atoms with Crippen LogP contribution in [0.4, 0.5) is 17.1 Å². The third kappa shape index (κ3) is 5.09. The van der Waals surface area contributed by atoms with Crippen molar-refractivity contribution in [3.05, 3.63) is 245 Å². The quantitative estimate of drug-likeness (QED) is 0.162. The van der Waals surface area contributed by atoms with Gasteiger partial charge in [-0.3, -0.25) is 0 Å². The summed E-state index contributed by atoms with van der Waals surface area (Å²) in [5.74, 6) is 0. The number of aromatic nitrogens is 1. The second-order valence-corrected chi connectivity index (χ2v) is 17.8. The van der Waals surface area contributed by atoms with Crippen LogP contribution in [0, 0.1) is 0 Å². The van der Waals surface area contributed by atoms with Gasteiger partial charge in [0.2, 0.25) is 0 Å². The lowest BCUT2D eigenvalue weighted by Gasteiger charge is -2.34. The first kappa shape index (κ1) is 35.3. The molecule has 0 saturated carbocycles.